The summed E-state index contributed by atoms with van der Waals surface area (Å²) in [5.41, 5.74) is 2.07. The van der Waals surface area contributed by atoms with E-state index in [9.17, 15) is 0 Å². The van der Waals surface area contributed by atoms with E-state index in [1.165, 1.54) is 5.57 Å². The van der Waals surface area contributed by atoms with Crippen molar-refractivity contribution in [1.29, 1.82) is 5.41 Å². The molecule has 0 aromatic rings. The molecule has 13 heavy (non-hydrogen) atoms. The topological polar surface area (TPSA) is 23.9 Å². The maximum absolute atomic E-state index is 7.69. The molecule has 0 bridgehead atoms. The number of allylic oxidation sites excluding steroid dienone is 1. The van der Waals surface area contributed by atoms with E-state index >= 15 is 0 Å². The predicted molar refractivity (Wildman–Crippen MR) is 60.4 cm³/mol. The van der Waals surface area contributed by atoms with Gasteiger partial charge in [-0.2, -0.15) is 0 Å². The van der Waals surface area contributed by atoms with Crippen LogP contribution in [0.2, 0.25) is 0 Å². The first kappa shape index (κ1) is 12.4. The highest BCUT2D eigenvalue weighted by Gasteiger charge is 2.30. The second-order valence-electron chi connectivity index (χ2n) is 5.35. The Hall–Kier alpha value is -0.590. The first-order chi connectivity index (χ1) is 5.59. The lowest BCUT2D eigenvalue weighted by molar-refractivity contribution is 0.298. The number of nitrogens with one attached hydrogen (secondary N) is 1. The second-order valence-corrected chi connectivity index (χ2v) is 5.35. The summed E-state index contributed by atoms with van der Waals surface area (Å²) in [5.74, 6) is 0. The van der Waals surface area contributed by atoms with Crippen LogP contribution in [0.15, 0.2) is 12.2 Å². The van der Waals surface area contributed by atoms with E-state index in [0.29, 0.717) is 0 Å². The van der Waals surface area contributed by atoms with Crippen molar-refractivity contribution >= 4 is 5.71 Å². The van der Waals surface area contributed by atoms with Crippen LogP contribution < -0.4 is 0 Å². The van der Waals surface area contributed by atoms with E-state index in [-0.39, 0.29) is 10.8 Å². The zero-order chi connectivity index (χ0) is 10.9. The Morgan fingerprint density at radius 1 is 1.08 bits per heavy atom. The second kappa shape index (κ2) is 3.65. The van der Waals surface area contributed by atoms with Crippen molar-refractivity contribution in [1.82, 2.24) is 0 Å². The third-order valence-electron chi connectivity index (χ3n) is 3.05. The van der Waals surface area contributed by atoms with E-state index in [1.807, 2.05) is 6.92 Å². The van der Waals surface area contributed by atoms with Gasteiger partial charge >= 0.3 is 0 Å². The van der Waals surface area contributed by atoms with Crippen LogP contribution in [0.1, 0.15) is 48.0 Å². The molecule has 0 saturated carbocycles. The van der Waals surface area contributed by atoms with Crippen LogP contribution in [0.3, 0.4) is 0 Å². The van der Waals surface area contributed by atoms with Crippen LogP contribution in [-0.4, -0.2) is 5.71 Å². The number of hydrogen-bond acceptors (Lipinski definition) is 1. The van der Waals surface area contributed by atoms with E-state index in [4.69, 9.17) is 5.41 Å². The molecule has 0 radical (unpaired) electrons. The fraction of sp³-hybridized carbons (Fsp3) is 0.750. The Kier molecular flexibility index (Phi) is 3.48. The van der Waals surface area contributed by atoms with Gasteiger partial charge < -0.3 is 5.41 Å². The average molecular weight is 181 g/mol. The number of hydrogen-bond donors (Lipinski definition) is 1. The molecule has 0 fully saturated rings. The minimum absolute atomic E-state index is 0.0115. The lowest BCUT2D eigenvalue weighted by atomic mass is 9.70. The van der Waals surface area contributed by atoms with Gasteiger partial charge in [0.1, 0.15) is 0 Å². The van der Waals surface area contributed by atoms with Crippen LogP contribution in [0.5, 0.6) is 0 Å². The molecule has 0 aromatic carbocycles. The van der Waals surface area contributed by atoms with Crippen molar-refractivity contribution in [3.05, 3.63) is 12.2 Å². The lowest BCUT2D eigenvalue weighted by Gasteiger charge is -2.35. The first-order valence-corrected chi connectivity index (χ1v) is 4.81. The summed E-state index contributed by atoms with van der Waals surface area (Å²) in [6, 6.07) is 0. The Morgan fingerprint density at radius 3 is 1.69 bits per heavy atom. The first-order valence-electron chi connectivity index (χ1n) is 4.81. The zero-order valence-corrected chi connectivity index (χ0v) is 9.91. The van der Waals surface area contributed by atoms with Crippen LogP contribution >= 0.6 is 0 Å². The van der Waals surface area contributed by atoms with Gasteiger partial charge in [0.2, 0.25) is 0 Å². The third-order valence-corrected chi connectivity index (χ3v) is 3.05. The van der Waals surface area contributed by atoms with Gasteiger partial charge in [0, 0.05) is 11.1 Å². The van der Waals surface area contributed by atoms with E-state index in [0.717, 1.165) is 12.1 Å². The summed E-state index contributed by atoms with van der Waals surface area (Å²) in [5, 5.41) is 7.69. The monoisotopic (exact) mass is 181 g/mol. The van der Waals surface area contributed by atoms with Crippen LogP contribution in [0.4, 0.5) is 0 Å². The fourth-order valence-corrected chi connectivity index (χ4v) is 1.39. The van der Waals surface area contributed by atoms with Crippen molar-refractivity contribution in [2.45, 2.75) is 48.0 Å². The van der Waals surface area contributed by atoms with Gasteiger partial charge in [0.15, 0.2) is 0 Å². The van der Waals surface area contributed by atoms with Crippen molar-refractivity contribution in [3.63, 3.8) is 0 Å². The van der Waals surface area contributed by atoms with Gasteiger partial charge in [-0.1, -0.05) is 39.8 Å². The van der Waals surface area contributed by atoms with Crippen molar-refractivity contribution in [2.75, 3.05) is 0 Å². The van der Waals surface area contributed by atoms with Gasteiger partial charge in [-0.3, -0.25) is 0 Å². The molecule has 0 aliphatic carbocycles. The molecule has 1 nitrogen and oxygen atoms in total. The van der Waals surface area contributed by atoms with Crippen molar-refractivity contribution < 1.29 is 0 Å². The van der Waals surface area contributed by atoms with E-state index in [2.05, 4.69) is 41.2 Å². The smallest absolute Gasteiger partial charge is 0.0115 e. The SMILES string of the molecule is C=C(C)C(C)(C)CC(C)(C)C(C)=N. The molecule has 0 aliphatic heterocycles. The van der Waals surface area contributed by atoms with Crippen molar-refractivity contribution in [2.24, 2.45) is 10.8 Å². The molecular formula is C12H23N. The molecule has 0 saturated heterocycles. The molecule has 0 aliphatic rings. The predicted octanol–water partition coefficient (Wildman–Crippen LogP) is 4.04. The highest BCUT2D eigenvalue weighted by atomic mass is 14.5. The highest BCUT2D eigenvalue weighted by molar-refractivity contribution is 5.84. The average Bonchev–Trinajstić information content (AvgIpc) is 1.83. The Morgan fingerprint density at radius 2 is 1.46 bits per heavy atom. The molecule has 1 heteroatoms. The Labute approximate surface area is 82.7 Å². The summed E-state index contributed by atoms with van der Waals surface area (Å²) in [4.78, 5) is 0. The van der Waals surface area contributed by atoms with Gasteiger partial charge in [-0.15, -0.1) is 0 Å². The molecule has 0 atom stereocenters. The molecule has 0 aromatic heterocycles. The normalized spacial score (nSPS) is 12.8. The summed E-state index contributed by atoms with van der Waals surface area (Å²) >= 11 is 0. The summed E-state index contributed by atoms with van der Waals surface area (Å²) in [6.07, 6.45) is 0.991. The van der Waals surface area contributed by atoms with Crippen molar-refractivity contribution in [3.8, 4) is 0 Å². The van der Waals surface area contributed by atoms with E-state index < -0.39 is 0 Å². The third kappa shape index (κ3) is 3.33. The minimum Gasteiger partial charge on any atom is -0.309 e. The maximum Gasteiger partial charge on any atom is 0.0115 e. The quantitative estimate of drug-likeness (QED) is 0.500. The summed E-state index contributed by atoms with van der Waals surface area (Å²) < 4.78 is 0. The Bertz CT molecular complexity index is 197. The van der Waals surface area contributed by atoms with Crippen LogP contribution in [0, 0.1) is 16.2 Å². The molecule has 1 N–H and O–H groups in total. The van der Waals surface area contributed by atoms with Crippen LogP contribution in [-0.2, 0) is 0 Å². The molecular weight excluding hydrogens is 158 g/mol. The largest absolute Gasteiger partial charge is 0.309 e. The fourth-order valence-electron chi connectivity index (χ4n) is 1.39. The molecule has 76 valence electrons. The van der Waals surface area contributed by atoms with Gasteiger partial charge in [-0.05, 0) is 25.7 Å². The molecule has 0 heterocycles. The zero-order valence-electron chi connectivity index (χ0n) is 9.91. The van der Waals surface area contributed by atoms with E-state index in [1.54, 1.807) is 0 Å². The Balaban J connectivity index is 4.61. The van der Waals surface area contributed by atoms with Crippen LogP contribution in [0.25, 0.3) is 0 Å². The van der Waals surface area contributed by atoms with Gasteiger partial charge in [0.25, 0.3) is 0 Å². The molecule has 0 spiro atoms. The maximum atomic E-state index is 7.69. The minimum atomic E-state index is -0.0115. The summed E-state index contributed by atoms with van der Waals surface area (Å²) in [6.45, 7) is 16.6. The highest BCUT2D eigenvalue weighted by Crippen LogP contribution is 2.38. The lowest BCUT2D eigenvalue weighted by Crippen LogP contribution is -2.29. The molecule has 0 unspecified atom stereocenters. The standard InChI is InChI=1S/C12H23N/c1-9(2)11(4,5)8-12(6,7)10(3)13/h13H,1,8H2,2-7H3. The molecule has 0 amide bonds. The van der Waals surface area contributed by atoms with Gasteiger partial charge in [-0.25, -0.2) is 0 Å². The summed E-state index contributed by atoms with van der Waals surface area (Å²) in [7, 11) is 0. The number of rotatable bonds is 4. The van der Waals surface area contributed by atoms with Gasteiger partial charge in [0.05, 0.1) is 0 Å². The molecule has 0 rings (SSSR count).